The number of aryl methyl sites for hydroxylation is 1. The summed E-state index contributed by atoms with van der Waals surface area (Å²) >= 11 is 0. The van der Waals surface area contributed by atoms with Crippen molar-refractivity contribution in [1.29, 1.82) is 0 Å². The molecule has 1 aliphatic rings. The third-order valence-electron chi connectivity index (χ3n) is 3.54. The number of rotatable bonds is 4. The fourth-order valence-electron chi connectivity index (χ4n) is 2.50. The smallest absolute Gasteiger partial charge is 0.147 e. The highest BCUT2D eigenvalue weighted by Gasteiger charge is 2.19. The topological polar surface area (TPSA) is 59.1 Å². The van der Waals surface area contributed by atoms with Crippen molar-refractivity contribution >= 4 is 0 Å². The average Bonchev–Trinajstić information content (AvgIpc) is 2.97. The standard InChI is InChI=1S/C13H19N5O/c1-10-11(6-14-2)5-12(19-10)7-17-3-4-18-9-15-16-13(18)8-17/h5,9,14H,3-4,6-8H2,1-2H3. The van der Waals surface area contributed by atoms with Gasteiger partial charge in [0.1, 0.15) is 23.7 Å². The second kappa shape index (κ2) is 5.14. The number of nitrogens with one attached hydrogen (secondary N) is 1. The highest BCUT2D eigenvalue weighted by Crippen LogP contribution is 2.18. The van der Waals surface area contributed by atoms with Crippen LogP contribution in [0.25, 0.3) is 0 Å². The van der Waals surface area contributed by atoms with Gasteiger partial charge in [-0.3, -0.25) is 4.90 Å². The van der Waals surface area contributed by atoms with Gasteiger partial charge in [0.25, 0.3) is 0 Å². The van der Waals surface area contributed by atoms with Gasteiger partial charge in [0.15, 0.2) is 0 Å². The summed E-state index contributed by atoms with van der Waals surface area (Å²) < 4.78 is 7.92. The van der Waals surface area contributed by atoms with E-state index < -0.39 is 0 Å². The lowest BCUT2D eigenvalue weighted by molar-refractivity contribution is 0.193. The largest absolute Gasteiger partial charge is 0.465 e. The number of hydrogen-bond acceptors (Lipinski definition) is 5. The van der Waals surface area contributed by atoms with Gasteiger partial charge in [-0.1, -0.05) is 0 Å². The van der Waals surface area contributed by atoms with Crippen LogP contribution < -0.4 is 5.32 Å². The third-order valence-corrected chi connectivity index (χ3v) is 3.54. The molecule has 2 aromatic heterocycles. The summed E-state index contributed by atoms with van der Waals surface area (Å²) in [5.41, 5.74) is 1.23. The number of aromatic nitrogens is 3. The summed E-state index contributed by atoms with van der Waals surface area (Å²) in [5, 5.41) is 11.2. The molecule has 0 atom stereocenters. The van der Waals surface area contributed by atoms with Crippen LogP contribution >= 0.6 is 0 Å². The maximum atomic E-state index is 5.81. The van der Waals surface area contributed by atoms with Crippen molar-refractivity contribution in [3.05, 3.63) is 35.3 Å². The number of nitrogens with zero attached hydrogens (tertiary/aromatic N) is 4. The van der Waals surface area contributed by atoms with Crippen molar-refractivity contribution in [3.8, 4) is 0 Å². The van der Waals surface area contributed by atoms with E-state index in [9.17, 15) is 0 Å². The quantitative estimate of drug-likeness (QED) is 0.886. The van der Waals surface area contributed by atoms with Crippen LogP contribution in [0, 0.1) is 6.92 Å². The molecule has 3 rings (SSSR count). The zero-order valence-corrected chi connectivity index (χ0v) is 11.4. The molecule has 6 heteroatoms. The van der Waals surface area contributed by atoms with Crippen LogP contribution in [0.5, 0.6) is 0 Å². The van der Waals surface area contributed by atoms with Crippen LogP contribution in [-0.2, 0) is 26.2 Å². The molecule has 2 aromatic rings. The Labute approximate surface area is 112 Å². The first-order chi connectivity index (χ1) is 9.26. The molecule has 19 heavy (non-hydrogen) atoms. The molecule has 6 nitrogen and oxygen atoms in total. The Kier molecular flexibility index (Phi) is 3.35. The van der Waals surface area contributed by atoms with E-state index in [1.54, 1.807) is 6.33 Å². The minimum atomic E-state index is 0.831. The Hall–Kier alpha value is -1.66. The molecule has 0 saturated heterocycles. The van der Waals surface area contributed by atoms with E-state index in [0.29, 0.717) is 0 Å². The maximum absolute atomic E-state index is 5.81. The van der Waals surface area contributed by atoms with Crippen LogP contribution in [0.1, 0.15) is 22.9 Å². The van der Waals surface area contributed by atoms with Gasteiger partial charge in [-0.2, -0.15) is 0 Å². The molecule has 0 bridgehead atoms. The first-order valence-electron chi connectivity index (χ1n) is 6.58. The summed E-state index contributed by atoms with van der Waals surface area (Å²) in [6, 6.07) is 2.14. The Bertz CT molecular complexity index is 559. The van der Waals surface area contributed by atoms with Gasteiger partial charge in [-0.25, -0.2) is 0 Å². The zero-order chi connectivity index (χ0) is 13.2. The fourth-order valence-corrected chi connectivity index (χ4v) is 2.50. The molecule has 0 spiro atoms. The van der Waals surface area contributed by atoms with Crippen molar-refractivity contribution < 1.29 is 4.42 Å². The molecule has 0 aromatic carbocycles. The molecule has 0 unspecified atom stereocenters. The molecule has 0 amide bonds. The van der Waals surface area contributed by atoms with Crippen LogP contribution in [0.4, 0.5) is 0 Å². The maximum Gasteiger partial charge on any atom is 0.147 e. The molecule has 0 aliphatic carbocycles. The van der Waals surface area contributed by atoms with E-state index in [-0.39, 0.29) is 0 Å². The highest BCUT2D eigenvalue weighted by atomic mass is 16.3. The summed E-state index contributed by atoms with van der Waals surface area (Å²) in [6.45, 7) is 6.49. The van der Waals surface area contributed by atoms with Crippen molar-refractivity contribution in [2.24, 2.45) is 0 Å². The fraction of sp³-hybridized carbons (Fsp3) is 0.538. The van der Waals surface area contributed by atoms with Crippen molar-refractivity contribution in [2.75, 3.05) is 13.6 Å². The molecule has 0 fully saturated rings. The lowest BCUT2D eigenvalue weighted by atomic mass is 10.2. The van der Waals surface area contributed by atoms with Gasteiger partial charge in [-0.15, -0.1) is 10.2 Å². The Morgan fingerprint density at radius 3 is 3.16 bits per heavy atom. The van der Waals surface area contributed by atoms with Gasteiger partial charge in [-0.05, 0) is 20.0 Å². The monoisotopic (exact) mass is 261 g/mol. The van der Waals surface area contributed by atoms with E-state index in [4.69, 9.17) is 4.42 Å². The van der Waals surface area contributed by atoms with Gasteiger partial charge in [0.2, 0.25) is 0 Å². The van der Waals surface area contributed by atoms with Gasteiger partial charge in [0.05, 0.1) is 13.1 Å². The zero-order valence-electron chi connectivity index (χ0n) is 11.4. The molecule has 0 saturated carbocycles. The molecule has 3 heterocycles. The summed E-state index contributed by atoms with van der Waals surface area (Å²) in [4.78, 5) is 2.34. The molecular weight excluding hydrogens is 242 g/mol. The summed E-state index contributed by atoms with van der Waals surface area (Å²) in [5.74, 6) is 3.06. The van der Waals surface area contributed by atoms with Gasteiger partial charge >= 0.3 is 0 Å². The SMILES string of the molecule is CNCc1cc(CN2CCn3cnnc3C2)oc1C. The Balaban J connectivity index is 1.67. The Morgan fingerprint density at radius 1 is 1.42 bits per heavy atom. The molecule has 1 N–H and O–H groups in total. The lowest BCUT2D eigenvalue weighted by Gasteiger charge is -2.25. The average molecular weight is 261 g/mol. The minimum absolute atomic E-state index is 0.831. The third kappa shape index (κ3) is 2.54. The summed E-state index contributed by atoms with van der Waals surface area (Å²) in [7, 11) is 1.95. The van der Waals surface area contributed by atoms with Crippen LogP contribution in [-0.4, -0.2) is 33.3 Å². The predicted molar refractivity (Wildman–Crippen MR) is 70.3 cm³/mol. The minimum Gasteiger partial charge on any atom is -0.465 e. The van der Waals surface area contributed by atoms with Gasteiger partial charge in [0, 0.05) is 25.2 Å². The van der Waals surface area contributed by atoms with E-state index in [2.05, 4.69) is 31.0 Å². The van der Waals surface area contributed by atoms with Crippen LogP contribution in [0.3, 0.4) is 0 Å². The van der Waals surface area contributed by atoms with Crippen LogP contribution in [0.15, 0.2) is 16.8 Å². The second-order valence-corrected chi connectivity index (χ2v) is 4.98. The second-order valence-electron chi connectivity index (χ2n) is 4.98. The first kappa shape index (κ1) is 12.4. The number of hydrogen-bond donors (Lipinski definition) is 1. The van der Waals surface area contributed by atoms with E-state index >= 15 is 0 Å². The normalized spacial score (nSPS) is 15.7. The molecule has 102 valence electrons. The summed E-state index contributed by atoms with van der Waals surface area (Å²) in [6.07, 6.45) is 1.80. The van der Waals surface area contributed by atoms with Crippen LogP contribution in [0.2, 0.25) is 0 Å². The van der Waals surface area contributed by atoms with E-state index in [0.717, 1.165) is 50.1 Å². The number of furan rings is 1. The Morgan fingerprint density at radius 2 is 2.32 bits per heavy atom. The predicted octanol–water partition coefficient (Wildman–Crippen LogP) is 0.915. The number of fused-ring (bicyclic) bond motifs is 1. The van der Waals surface area contributed by atoms with Crippen molar-refractivity contribution in [3.63, 3.8) is 0 Å². The van der Waals surface area contributed by atoms with E-state index in [1.165, 1.54) is 5.56 Å². The van der Waals surface area contributed by atoms with Crippen molar-refractivity contribution in [2.45, 2.75) is 33.1 Å². The highest BCUT2D eigenvalue weighted by molar-refractivity contribution is 5.20. The van der Waals surface area contributed by atoms with E-state index in [1.807, 2.05) is 14.0 Å². The molecular formula is C13H19N5O. The molecule has 1 aliphatic heterocycles. The first-order valence-corrected chi connectivity index (χ1v) is 6.58. The lowest BCUT2D eigenvalue weighted by Crippen LogP contribution is -2.33. The van der Waals surface area contributed by atoms with Gasteiger partial charge < -0.3 is 14.3 Å². The van der Waals surface area contributed by atoms with Crippen molar-refractivity contribution in [1.82, 2.24) is 25.0 Å². The molecule has 0 radical (unpaired) electrons.